The molecule has 2 aliphatic heterocycles. The number of carbonyl (C=O) groups is 2. The lowest BCUT2D eigenvalue weighted by atomic mass is 10.0. The molecule has 4 aromatic rings. The average Bonchev–Trinajstić information content (AvgIpc) is 3.06. The van der Waals surface area contributed by atoms with Crippen molar-refractivity contribution >= 4 is 28.6 Å². The molecule has 6 rings (SSSR count). The summed E-state index contributed by atoms with van der Waals surface area (Å²) in [7, 11) is 0. The summed E-state index contributed by atoms with van der Waals surface area (Å²) in [5, 5.41) is 3.65. The molecule has 252 valence electrons. The minimum absolute atomic E-state index is 0.00193. The fourth-order valence-corrected chi connectivity index (χ4v) is 6.37. The Kier molecular flexibility index (Phi) is 9.73. The maximum Gasteiger partial charge on any atom is 0.410 e. The Hall–Kier alpha value is -4.83. The zero-order chi connectivity index (χ0) is 33.8. The van der Waals surface area contributed by atoms with Crippen molar-refractivity contribution in [3.63, 3.8) is 0 Å². The molecule has 0 radical (unpaired) electrons. The van der Waals surface area contributed by atoms with E-state index in [0.29, 0.717) is 55.6 Å². The highest BCUT2D eigenvalue weighted by atomic mass is 16.6. The number of para-hydroxylation sites is 1. The van der Waals surface area contributed by atoms with Gasteiger partial charge in [-0.05, 0) is 82.0 Å². The van der Waals surface area contributed by atoms with Gasteiger partial charge in [-0.1, -0.05) is 36.4 Å². The number of carbonyl (C=O) groups excluding carboxylic acids is 2. The van der Waals surface area contributed by atoms with E-state index in [-0.39, 0.29) is 23.6 Å². The number of nitrogens with one attached hydrogen (secondary N) is 1. The molecule has 2 amide bonds. The lowest BCUT2D eigenvalue weighted by molar-refractivity contribution is 0.00562. The summed E-state index contributed by atoms with van der Waals surface area (Å²) in [4.78, 5) is 44.4. The molecule has 0 unspecified atom stereocenters. The molecule has 1 saturated heterocycles. The van der Waals surface area contributed by atoms with E-state index in [4.69, 9.17) is 14.2 Å². The standard InChI is InChI=1S/C38H44N4O6/c1-26-10-12-30-31(36(44)39-28-8-6-5-7-9-28)24-35(43)41(32(30)22-26)19-18-40-16-14-29(15-17-40)42(37(45)48-38(2,3)4)25-27-11-13-33-34(23-27)47-21-20-46-33/h5-13,22-24,29H,14-21,25H2,1-4H3,(H,39,44). The number of hydrogen-bond donors (Lipinski definition) is 1. The molecule has 0 bridgehead atoms. The predicted octanol–water partition coefficient (Wildman–Crippen LogP) is 6.24. The summed E-state index contributed by atoms with van der Waals surface area (Å²) in [6, 6.07) is 22.3. The lowest BCUT2D eigenvalue weighted by Crippen LogP contribution is -2.49. The fraction of sp³-hybridized carbons (Fsp3) is 0.395. The van der Waals surface area contributed by atoms with Crippen LogP contribution in [0.25, 0.3) is 10.9 Å². The van der Waals surface area contributed by atoms with Crippen LogP contribution in [-0.4, -0.2) is 70.9 Å². The molecule has 1 fully saturated rings. The SMILES string of the molecule is Cc1ccc2c(C(=O)Nc3ccccc3)cc(=O)n(CCN3CCC(N(Cc4ccc5c(c4)OCCO5)C(=O)OC(C)(C)C)CC3)c2c1. The maximum absolute atomic E-state index is 13.5. The molecule has 1 N–H and O–H groups in total. The Labute approximate surface area is 281 Å². The van der Waals surface area contributed by atoms with Crippen LogP contribution in [0.1, 0.15) is 55.1 Å². The highest BCUT2D eigenvalue weighted by Gasteiger charge is 2.32. The van der Waals surface area contributed by atoms with Crippen molar-refractivity contribution in [2.75, 3.05) is 38.2 Å². The Morgan fingerprint density at radius 2 is 1.65 bits per heavy atom. The third kappa shape index (κ3) is 7.82. The minimum atomic E-state index is -0.616. The zero-order valence-electron chi connectivity index (χ0n) is 28.2. The highest BCUT2D eigenvalue weighted by molar-refractivity contribution is 6.12. The molecule has 3 aromatic carbocycles. The second kappa shape index (κ2) is 14.1. The number of ether oxygens (including phenoxy) is 3. The molecule has 10 nitrogen and oxygen atoms in total. The first-order valence-electron chi connectivity index (χ1n) is 16.7. The van der Waals surface area contributed by atoms with Gasteiger partial charge in [-0.25, -0.2) is 4.79 Å². The van der Waals surface area contributed by atoms with E-state index in [1.165, 1.54) is 6.07 Å². The number of rotatable bonds is 8. The minimum Gasteiger partial charge on any atom is -0.486 e. The van der Waals surface area contributed by atoms with Crippen LogP contribution in [0.2, 0.25) is 0 Å². The number of aromatic nitrogens is 1. The van der Waals surface area contributed by atoms with Gasteiger partial charge in [-0.2, -0.15) is 0 Å². The van der Waals surface area contributed by atoms with Gasteiger partial charge < -0.3 is 33.9 Å². The van der Waals surface area contributed by atoms with Crippen LogP contribution in [0.15, 0.2) is 77.6 Å². The molecule has 1 aromatic heterocycles. The average molecular weight is 653 g/mol. The Morgan fingerprint density at radius 3 is 2.38 bits per heavy atom. The largest absolute Gasteiger partial charge is 0.486 e. The van der Waals surface area contributed by atoms with Crippen LogP contribution in [0.5, 0.6) is 11.5 Å². The second-order valence-corrected chi connectivity index (χ2v) is 13.5. The second-order valence-electron chi connectivity index (χ2n) is 13.5. The number of fused-ring (bicyclic) bond motifs is 2. The normalized spacial score (nSPS) is 15.2. The van der Waals surface area contributed by atoms with Gasteiger partial charge >= 0.3 is 6.09 Å². The van der Waals surface area contributed by atoms with E-state index in [1.807, 2.05) is 99.3 Å². The van der Waals surface area contributed by atoms with Gasteiger partial charge in [0.15, 0.2) is 11.5 Å². The molecular formula is C38H44N4O6. The number of nitrogens with zero attached hydrogens (tertiary/aromatic N) is 3. The van der Waals surface area contributed by atoms with Gasteiger partial charge in [0.1, 0.15) is 18.8 Å². The van der Waals surface area contributed by atoms with Crippen molar-refractivity contribution in [3.05, 3.63) is 99.8 Å². The summed E-state index contributed by atoms with van der Waals surface area (Å²) >= 11 is 0. The summed E-state index contributed by atoms with van der Waals surface area (Å²) in [6.45, 7) is 11.7. The summed E-state index contributed by atoms with van der Waals surface area (Å²) in [5.41, 5.74) is 2.91. The number of likely N-dealkylation sites (tertiary alicyclic amines) is 1. The molecule has 3 heterocycles. The van der Waals surface area contributed by atoms with Gasteiger partial charge in [0.05, 0.1) is 11.1 Å². The molecule has 0 saturated carbocycles. The summed E-state index contributed by atoms with van der Waals surface area (Å²) in [6.07, 6.45) is 1.22. The van der Waals surface area contributed by atoms with E-state index in [0.717, 1.165) is 48.0 Å². The third-order valence-electron chi connectivity index (χ3n) is 8.77. The fourth-order valence-electron chi connectivity index (χ4n) is 6.37. The smallest absolute Gasteiger partial charge is 0.410 e. The summed E-state index contributed by atoms with van der Waals surface area (Å²) in [5.74, 6) is 1.10. The van der Waals surface area contributed by atoms with Gasteiger partial charge in [0.25, 0.3) is 11.5 Å². The van der Waals surface area contributed by atoms with Gasteiger partial charge in [-0.3, -0.25) is 9.59 Å². The Morgan fingerprint density at radius 1 is 0.917 bits per heavy atom. The summed E-state index contributed by atoms with van der Waals surface area (Å²) < 4.78 is 19.1. The molecule has 48 heavy (non-hydrogen) atoms. The number of hydrogen-bond acceptors (Lipinski definition) is 7. The topological polar surface area (TPSA) is 102 Å². The number of benzene rings is 3. The van der Waals surface area contributed by atoms with Crippen molar-refractivity contribution in [1.29, 1.82) is 0 Å². The van der Waals surface area contributed by atoms with Crippen LogP contribution in [0.3, 0.4) is 0 Å². The molecule has 0 atom stereocenters. The number of amides is 2. The van der Waals surface area contributed by atoms with E-state index < -0.39 is 5.60 Å². The third-order valence-corrected chi connectivity index (χ3v) is 8.77. The molecule has 0 aliphatic carbocycles. The van der Waals surface area contributed by atoms with Gasteiger partial charge in [0, 0.05) is 55.9 Å². The Bertz CT molecular complexity index is 1840. The van der Waals surface area contributed by atoms with E-state index in [9.17, 15) is 14.4 Å². The maximum atomic E-state index is 13.5. The number of pyridine rings is 1. The van der Waals surface area contributed by atoms with E-state index in [1.54, 1.807) is 4.57 Å². The first kappa shape index (κ1) is 33.1. The zero-order valence-corrected chi connectivity index (χ0v) is 28.2. The van der Waals surface area contributed by atoms with Crippen molar-refractivity contribution in [2.45, 2.75) is 65.3 Å². The molecule has 10 heteroatoms. The van der Waals surface area contributed by atoms with Crippen molar-refractivity contribution in [2.24, 2.45) is 0 Å². The number of aryl methyl sites for hydroxylation is 1. The van der Waals surface area contributed by atoms with Crippen molar-refractivity contribution in [3.8, 4) is 11.5 Å². The molecular weight excluding hydrogens is 608 g/mol. The van der Waals surface area contributed by atoms with Crippen molar-refractivity contribution in [1.82, 2.24) is 14.4 Å². The predicted molar refractivity (Wildman–Crippen MR) is 186 cm³/mol. The monoisotopic (exact) mass is 652 g/mol. The van der Waals surface area contributed by atoms with Crippen LogP contribution in [0.4, 0.5) is 10.5 Å². The van der Waals surface area contributed by atoms with E-state index >= 15 is 0 Å². The van der Waals surface area contributed by atoms with Crippen LogP contribution >= 0.6 is 0 Å². The Balaban J connectivity index is 1.14. The van der Waals surface area contributed by atoms with Crippen molar-refractivity contribution < 1.29 is 23.8 Å². The lowest BCUT2D eigenvalue weighted by Gasteiger charge is -2.39. The highest BCUT2D eigenvalue weighted by Crippen LogP contribution is 2.32. The van der Waals surface area contributed by atoms with Crippen LogP contribution in [0, 0.1) is 6.92 Å². The first-order valence-corrected chi connectivity index (χ1v) is 16.7. The van der Waals surface area contributed by atoms with E-state index in [2.05, 4.69) is 10.2 Å². The van der Waals surface area contributed by atoms with Gasteiger partial charge in [0.2, 0.25) is 0 Å². The first-order chi connectivity index (χ1) is 23.0. The van der Waals surface area contributed by atoms with Crippen LogP contribution in [-0.2, 0) is 17.8 Å². The van der Waals surface area contributed by atoms with Crippen LogP contribution < -0.4 is 20.3 Å². The van der Waals surface area contributed by atoms with Gasteiger partial charge in [-0.15, -0.1) is 0 Å². The number of piperidine rings is 1. The quantitative estimate of drug-likeness (QED) is 0.241. The number of anilines is 1. The molecule has 0 spiro atoms. The molecule has 2 aliphatic rings.